The molecular formula is C7H5NO5. The summed E-state index contributed by atoms with van der Waals surface area (Å²) in [5.41, 5.74) is -0.921. The van der Waals surface area contributed by atoms with Crippen LogP contribution in [-0.2, 0) is 4.79 Å². The molecule has 0 amide bonds. The molecule has 1 aromatic heterocycles. The van der Waals surface area contributed by atoms with Crippen LogP contribution in [0.25, 0.3) is 6.08 Å². The molecule has 68 valence electrons. The van der Waals surface area contributed by atoms with Crippen molar-refractivity contribution >= 4 is 12.0 Å². The van der Waals surface area contributed by atoms with Crippen molar-refractivity contribution in [1.82, 2.24) is 0 Å². The van der Waals surface area contributed by atoms with Gasteiger partial charge in [0, 0.05) is 0 Å². The zero-order valence-electron chi connectivity index (χ0n) is 6.34. The number of hydrogen-bond acceptors (Lipinski definition) is 4. The van der Waals surface area contributed by atoms with Gasteiger partial charge in [0.15, 0.2) is 0 Å². The van der Waals surface area contributed by atoms with E-state index in [4.69, 9.17) is 9.52 Å². The molecular weight excluding hydrogens is 178 g/mol. The summed E-state index contributed by atoms with van der Waals surface area (Å²) in [6.45, 7) is 0. The minimum Gasteiger partial charge on any atom is -0.473 e. The van der Waals surface area contributed by atoms with Crippen LogP contribution in [-0.4, -0.2) is 16.0 Å². The van der Waals surface area contributed by atoms with E-state index in [1.807, 2.05) is 0 Å². The van der Waals surface area contributed by atoms with E-state index in [1.165, 1.54) is 18.4 Å². The average Bonchev–Trinajstić information content (AvgIpc) is 2.50. The van der Waals surface area contributed by atoms with Gasteiger partial charge in [-0.15, -0.1) is 0 Å². The lowest BCUT2D eigenvalue weighted by Crippen LogP contribution is -2.09. The highest BCUT2D eigenvalue weighted by Gasteiger charge is 2.20. The summed E-state index contributed by atoms with van der Waals surface area (Å²) in [4.78, 5) is 19.5. The van der Waals surface area contributed by atoms with Gasteiger partial charge < -0.3 is 9.52 Å². The van der Waals surface area contributed by atoms with Crippen LogP contribution in [0, 0.1) is 10.1 Å². The number of hydrogen-bond donors (Lipinski definition) is 1. The summed E-state index contributed by atoms with van der Waals surface area (Å²) in [6, 6.07) is 2.93. The van der Waals surface area contributed by atoms with Crippen LogP contribution in [0.4, 0.5) is 0 Å². The molecule has 1 aromatic rings. The molecule has 0 saturated heterocycles. The van der Waals surface area contributed by atoms with Crippen LogP contribution in [0.1, 0.15) is 5.76 Å². The molecule has 1 N–H and O–H groups in total. The molecule has 0 saturated carbocycles. The van der Waals surface area contributed by atoms with Crippen LogP contribution < -0.4 is 0 Å². The lowest BCUT2D eigenvalue weighted by Gasteiger charge is -1.89. The summed E-state index contributed by atoms with van der Waals surface area (Å²) >= 11 is 0. The first-order valence-corrected chi connectivity index (χ1v) is 3.24. The maximum Gasteiger partial charge on any atom is 0.407 e. The standard InChI is InChI=1S/C7H5NO5/c9-7(10)6(8(11)12)4-5-2-1-3-13-5/h1-4H,(H,9,10)/b6-4-. The molecule has 0 unspecified atom stereocenters. The normalized spacial score (nSPS) is 11.2. The Hall–Kier alpha value is -2.11. The van der Waals surface area contributed by atoms with Gasteiger partial charge in [-0.25, -0.2) is 4.79 Å². The number of nitro groups is 1. The van der Waals surface area contributed by atoms with E-state index in [1.54, 1.807) is 0 Å². The Labute approximate surface area is 72.2 Å². The molecule has 0 atom stereocenters. The van der Waals surface area contributed by atoms with Crippen LogP contribution in [0.2, 0.25) is 0 Å². The van der Waals surface area contributed by atoms with Gasteiger partial charge in [0.1, 0.15) is 5.76 Å². The average molecular weight is 183 g/mol. The highest BCUT2D eigenvalue weighted by Crippen LogP contribution is 2.07. The van der Waals surface area contributed by atoms with Gasteiger partial charge in [-0.2, -0.15) is 0 Å². The smallest absolute Gasteiger partial charge is 0.407 e. The predicted molar refractivity (Wildman–Crippen MR) is 41.3 cm³/mol. The third kappa shape index (κ3) is 2.16. The van der Waals surface area contributed by atoms with Crippen LogP contribution >= 0.6 is 0 Å². The summed E-state index contributed by atoms with van der Waals surface area (Å²) in [5.74, 6) is -1.46. The maximum absolute atomic E-state index is 10.3. The van der Waals surface area contributed by atoms with Crippen molar-refractivity contribution < 1.29 is 19.2 Å². The molecule has 13 heavy (non-hydrogen) atoms. The second-order valence-electron chi connectivity index (χ2n) is 2.11. The molecule has 0 aliphatic heterocycles. The minimum absolute atomic E-state index is 0.133. The Morgan fingerprint density at radius 2 is 2.38 bits per heavy atom. The quantitative estimate of drug-likeness (QED) is 0.428. The van der Waals surface area contributed by atoms with Gasteiger partial charge in [-0.05, 0) is 12.1 Å². The van der Waals surface area contributed by atoms with Crippen molar-refractivity contribution in [2.45, 2.75) is 0 Å². The Kier molecular flexibility index (Phi) is 2.44. The first kappa shape index (κ1) is 8.98. The molecule has 0 fully saturated rings. The zero-order chi connectivity index (χ0) is 9.84. The molecule has 0 aliphatic rings. The number of carboxylic acid groups (broad SMARTS) is 1. The van der Waals surface area contributed by atoms with Crippen molar-refractivity contribution in [2.75, 3.05) is 0 Å². The Bertz CT molecular complexity index is 335. The summed E-state index contributed by atoms with van der Waals surface area (Å²) in [6.07, 6.45) is 2.15. The number of nitrogens with zero attached hydrogens (tertiary/aromatic N) is 1. The van der Waals surface area contributed by atoms with Gasteiger partial charge in [0.05, 0.1) is 17.3 Å². The number of carbonyl (C=O) groups is 1. The van der Waals surface area contributed by atoms with E-state index in [2.05, 4.69) is 0 Å². The third-order valence-corrected chi connectivity index (χ3v) is 1.24. The van der Waals surface area contributed by atoms with Crippen LogP contribution in [0.3, 0.4) is 0 Å². The highest BCUT2D eigenvalue weighted by atomic mass is 16.6. The molecule has 1 rings (SSSR count). The predicted octanol–water partition coefficient (Wildman–Crippen LogP) is 0.982. The monoisotopic (exact) mass is 183 g/mol. The summed E-state index contributed by atoms with van der Waals surface area (Å²) in [7, 11) is 0. The Morgan fingerprint density at radius 1 is 1.69 bits per heavy atom. The molecule has 6 nitrogen and oxygen atoms in total. The third-order valence-electron chi connectivity index (χ3n) is 1.24. The van der Waals surface area contributed by atoms with Gasteiger partial charge in [0.25, 0.3) is 0 Å². The van der Waals surface area contributed by atoms with E-state index >= 15 is 0 Å². The van der Waals surface area contributed by atoms with E-state index in [0.717, 1.165) is 6.08 Å². The molecule has 0 aromatic carbocycles. The Balaban J connectivity index is 3.01. The van der Waals surface area contributed by atoms with Gasteiger partial charge in [-0.3, -0.25) is 10.1 Å². The van der Waals surface area contributed by atoms with Gasteiger partial charge in [0.2, 0.25) is 0 Å². The highest BCUT2D eigenvalue weighted by molar-refractivity contribution is 5.88. The summed E-state index contributed by atoms with van der Waals surface area (Å²) < 4.78 is 4.72. The number of rotatable bonds is 3. The molecule has 0 radical (unpaired) electrons. The summed E-state index contributed by atoms with van der Waals surface area (Å²) in [5, 5.41) is 18.6. The van der Waals surface area contributed by atoms with Crippen LogP contribution in [0.15, 0.2) is 28.5 Å². The fourth-order valence-electron chi connectivity index (χ4n) is 0.701. The molecule has 1 heterocycles. The zero-order valence-corrected chi connectivity index (χ0v) is 6.34. The molecule has 0 spiro atoms. The van der Waals surface area contributed by atoms with Gasteiger partial charge in [-0.1, -0.05) is 0 Å². The van der Waals surface area contributed by atoms with Crippen molar-refractivity contribution in [3.8, 4) is 0 Å². The second-order valence-corrected chi connectivity index (χ2v) is 2.11. The van der Waals surface area contributed by atoms with Crippen molar-refractivity contribution in [1.29, 1.82) is 0 Å². The molecule has 0 bridgehead atoms. The van der Waals surface area contributed by atoms with Crippen molar-refractivity contribution in [3.63, 3.8) is 0 Å². The van der Waals surface area contributed by atoms with Gasteiger partial charge >= 0.3 is 11.7 Å². The number of aliphatic carboxylic acids is 1. The van der Waals surface area contributed by atoms with E-state index in [0.29, 0.717) is 0 Å². The molecule has 0 aliphatic carbocycles. The van der Waals surface area contributed by atoms with Crippen molar-refractivity contribution in [2.24, 2.45) is 0 Å². The Morgan fingerprint density at radius 3 is 2.77 bits per heavy atom. The fraction of sp³-hybridized carbons (Fsp3) is 0. The van der Waals surface area contributed by atoms with E-state index in [9.17, 15) is 14.9 Å². The van der Waals surface area contributed by atoms with Crippen molar-refractivity contribution in [3.05, 3.63) is 40.0 Å². The SMILES string of the molecule is O=C(O)/C(=C/c1ccco1)[N+](=O)[O-]. The molecule has 6 heteroatoms. The first-order chi connectivity index (χ1) is 6.11. The lowest BCUT2D eigenvalue weighted by molar-refractivity contribution is -0.419. The largest absolute Gasteiger partial charge is 0.473 e. The minimum atomic E-state index is -1.60. The lowest BCUT2D eigenvalue weighted by atomic mass is 10.3. The van der Waals surface area contributed by atoms with Crippen LogP contribution in [0.5, 0.6) is 0 Å². The fourth-order valence-corrected chi connectivity index (χ4v) is 0.701. The number of furan rings is 1. The second kappa shape index (κ2) is 3.53. The van der Waals surface area contributed by atoms with E-state index in [-0.39, 0.29) is 5.76 Å². The maximum atomic E-state index is 10.3. The number of carboxylic acids is 1. The van der Waals surface area contributed by atoms with E-state index < -0.39 is 16.6 Å². The topological polar surface area (TPSA) is 93.6 Å². The first-order valence-electron chi connectivity index (χ1n) is 3.24.